The third-order valence-corrected chi connectivity index (χ3v) is 5.47. The van der Waals surface area contributed by atoms with Crippen molar-refractivity contribution in [3.63, 3.8) is 0 Å². The maximum atomic E-state index is 13.0. The van der Waals surface area contributed by atoms with Crippen LogP contribution in [0.1, 0.15) is 12.8 Å². The molecule has 24 heavy (non-hydrogen) atoms. The monoisotopic (exact) mass is 359 g/mol. The molecule has 1 aromatic carbocycles. The van der Waals surface area contributed by atoms with E-state index in [1.165, 1.54) is 0 Å². The Labute approximate surface area is 137 Å². The van der Waals surface area contributed by atoms with Gasteiger partial charge in [0.25, 0.3) is 0 Å². The van der Waals surface area contributed by atoms with Crippen molar-refractivity contribution in [2.24, 2.45) is 0 Å². The molecule has 0 radical (unpaired) electrons. The van der Waals surface area contributed by atoms with Gasteiger partial charge in [-0.25, -0.2) is 12.8 Å². The predicted octanol–water partition coefficient (Wildman–Crippen LogP) is -1.79. The number of carbonyl (C=O) groups is 2. The highest BCUT2D eigenvalue weighted by Crippen LogP contribution is 2.26. The summed E-state index contributed by atoms with van der Waals surface area (Å²) < 4.78 is 39.0. The number of hydrogen-bond acceptors (Lipinski definition) is 6. The third kappa shape index (κ3) is 4.08. The second kappa shape index (κ2) is 7.24. The number of amides is 1. The number of aliphatic hydroxyl groups is 1. The topological polar surface area (TPSA) is 127 Å². The van der Waals surface area contributed by atoms with Crippen LogP contribution in [-0.2, 0) is 19.6 Å². The Morgan fingerprint density at radius 3 is 2.54 bits per heavy atom. The Morgan fingerprint density at radius 2 is 1.96 bits per heavy atom. The molecule has 0 aromatic heterocycles. The zero-order chi connectivity index (χ0) is 17.9. The van der Waals surface area contributed by atoms with Crippen molar-refractivity contribution in [3.8, 4) is 0 Å². The summed E-state index contributed by atoms with van der Waals surface area (Å²) in [4.78, 5) is 22.3. The lowest BCUT2D eigenvalue weighted by Crippen LogP contribution is -2.46. The molecule has 1 fully saturated rings. The van der Waals surface area contributed by atoms with E-state index >= 15 is 0 Å². The lowest BCUT2D eigenvalue weighted by molar-refractivity contribution is -0.305. The summed E-state index contributed by atoms with van der Waals surface area (Å²) >= 11 is 0. The largest absolute Gasteiger partial charge is 0.550 e. The van der Waals surface area contributed by atoms with Crippen LogP contribution in [0.5, 0.6) is 0 Å². The molecule has 1 saturated heterocycles. The fourth-order valence-corrected chi connectivity index (χ4v) is 4.07. The van der Waals surface area contributed by atoms with Gasteiger partial charge < -0.3 is 20.3 Å². The zero-order valence-corrected chi connectivity index (χ0v) is 13.3. The molecule has 1 heterocycles. The average molecular weight is 359 g/mol. The van der Waals surface area contributed by atoms with Crippen LogP contribution >= 0.6 is 0 Å². The number of sulfonamides is 1. The third-order valence-electron chi connectivity index (χ3n) is 3.58. The standard InChI is InChI=1S/C14H17FN2O6S/c15-9-1-3-11(4-2-9)24(22,23)17-8-10(18)7-12(17)14(21)16-6-5-13(19)20/h1-4,10,12,18H,5-8H2,(H,16,21)(H,19,20)/p-1/t10-,12+/m1/s1. The number of carbonyl (C=O) groups excluding carboxylic acids is 2. The number of β-amino-alcohol motifs (C(OH)–C–C–N with tert-alkyl or cyclic N) is 1. The Balaban J connectivity index is 2.18. The predicted molar refractivity (Wildman–Crippen MR) is 77.3 cm³/mol. The average Bonchev–Trinajstić information content (AvgIpc) is 2.90. The smallest absolute Gasteiger partial charge is 0.243 e. The van der Waals surface area contributed by atoms with Crippen LogP contribution < -0.4 is 10.4 Å². The van der Waals surface area contributed by atoms with E-state index < -0.39 is 46.3 Å². The van der Waals surface area contributed by atoms with Gasteiger partial charge in [0, 0.05) is 31.9 Å². The molecule has 0 bridgehead atoms. The van der Waals surface area contributed by atoms with Crippen LogP contribution in [0.25, 0.3) is 0 Å². The van der Waals surface area contributed by atoms with E-state index in [0.717, 1.165) is 28.6 Å². The Bertz CT molecular complexity index is 721. The number of halogens is 1. The number of benzene rings is 1. The number of carboxylic acids is 1. The van der Waals surface area contributed by atoms with Gasteiger partial charge in [-0.05, 0) is 24.3 Å². The van der Waals surface area contributed by atoms with Crippen LogP contribution in [0.15, 0.2) is 29.2 Å². The van der Waals surface area contributed by atoms with Crippen molar-refractivity contribution in [2.75, 3.05) is 13.1 Å². The summed E-state index contributed by atoms with van der Waals surface area (Å²) in [5.74, 6) is -2.66. The van der Waals surface area contributed by atoms with Gasteiger partial charge in [0.1, 0.15) is 11.9 Å². The molecular weight excluding hydrogens is 343 g/mol. The van der Waals surface area contributed by atoms with Crippen molar-refractivity contribution in [1.29, 1.82) is 0 Å². The molecule has 132 valence electrons. The highest BCUT2D eigenvalue weighted by atomic mass is 32.2. The fourth-order valence-electron chi connectivity index (χ4n) is 2.44. The molecule has 10 heteroatoms. The van der Waals surface area contributed by atoms with Gasteiger partial charge in [-0.3, -0.25) is 4.79 Å². The number of rotatable bonds is 6. The summed E-state index contributed by atoms with van der Waals surface area (Å²) in [6, 6.07) is 2.93. The number of aliphatic carboxylic acids is 1. The van der Waals surface area contributed by atoms with Crippen molar-refractivity contribution in [1.82, 2.24) is 9.62 Å². The molecule has 1 aliphatic heterocycles. The SMILES string of the molecule is O=C([O-])CCNC(=O)[C@@H]1C[C@@H](O)CN1S(=O)(=O)c1ccc(F)cc1. The summed E-state index contributed by atoms with van der Waals surface area (Å²) in [7, 11) is -4.11. The maximum absolute atomic E-state index is 13.0. The Kier molecular flexibility index (Phi) is 5.52. The van der Waals surface area contributed by atoms with Gasteiger partial charge in [-0.2, -0.15) is 4.31 Å². The van der Waals surface area contributed by atoms with Crippen LogP contribution in [0.3, 0.4) is 0 Å². The molecule has 1 aliphatic rings. The van der Waals surface area contributed by atoms with Gasteiger partial charge in [0.05, 0.1) is 11.0 Å². The molecule has 2 atom stereocenters. The van der Waals surface area contributed by atoms with Crippen molar-refractivity contribution in [3.05, 3.63) is 30.1 Å². The molecule has 2 N–H and O–H groups in total. The molecule has 0 spiro atoms. The normalized spacial score (nSPS) is 21.6. The lowest BCUT2D eigenvalue weighted by atomic mass is 10.2. The van der Waals surface area contributed by atoms with E-state index in [9.17, 15) is 32.6 Å². The minimum Gasteiger partial charge on any atom is -0.550 e. The van der Waals surface area contributed by atoms with Crippen molar-refractivity contribution < 1.29 is 32.6 Å². The second-order valence-electron chi connectivity index (χ2n) is 5.35. The molecule has 2 rings (SSSR count). The Hall–Kier alpha value is -2.04. The number of nitrogens with zero attached hydrogens (tertiary/aromatic N) is 1. The van der Waals surface area contributed by atoms with Gasteiger partial charge >= 0.3 is 0 Å². The van der Waals surface area contributed by atoms with Gasteiger partial charge in [-0.1, -0.05) is 0 Å². The first-order valence-electron chi connectivity index (χ1n) is 7.15. The van der Waals surface area contributed by atoms with Gasteiger partial charge in [0.2, 0.25) is 15.9 Å². The Morgan fingerprint density at radius 1 is 1.33 bits per heavy atom. The first-order valence-corrected chi connectivity index (χ1v) is 8.59. The van der Waals surface area contributed by atoms with E-state index in [-0.39, 0.29) is 24.4 Å². The highest BCUT2D eigenvalue weighted by molar-refractivity contribution is 7.89. The molecule has 0 saturated carbocycles. The van der Waals surface area contributed by atoms with E-state index in [4.69, 9.17) is 0 Å². The number of aliphatic hydroxyl groups excluding tert-OH is 1. The van der Waals surface area contributed by atoms with E-state index in [2.05, 4.69) is 5.32 Å². The minimum absolute atomic E-state index is 0.114. The number of nitrogens with one attached hydrogen (secondary N) is 1. The first-order chi connectivity index (χ1) is 11.2. The molecule has 1 amide bonds. The number of carboxylic acid groups (broad SMARTS) is 1. The lowest BCUT2D eigenvalue weighted by Gasteiger charge is -2.23. The summed E-state index contributed by atoms with van der Waals surface area (Å²) in [5.41, 5.74) is 0. The highest BCUT2D eigenvalue weighted by Gasteiger charge is 2.43. The fraction of sp³-hybridized carbons (Fsp3) is 0.429. The van der Waals surface area contributed by atoms with E-state index in [1.807, 2.05) is 0 Å². The van der Waals surface area contributed by atoms with Gasteiger partial charge in [0.15, 0.2) is 0 Å². The van der Waals surface area contributed by atoms with Crippen LogP contribution in [0, 0.1) is 5.82 Å². The van der Waals surface area contributed by atoms with Crippen molar-refractivity contribution in [2.45, 2.75) is 29.9 Å². The van der Waals surface area contributed by atoms with E-state index in [1.54, 1.807) is 0 Å². The second-order valence-corrected chi connectivity index (χ2v) is 7.24. The molecular formula is C14H16FN2O6S-. The molecule has 0 aliphatic carbocycles. The first kappa shape index (κ1) is 18.3. The van der Waals surface area contributed by atoms with Crippen LogP contribution in [-0.4, -0.2) is 54.9 Å². The zero-order valence-electron chi connectivity index (χ0n) is 12.5. The maximum Gasteiger partial charge on any atom is 0.243 e. The number of hydrogen-bond donors (Lipinski definition) is 2. The van der Waals surface area contributed by atoms with Gasteiger partial charge in [-0.15, -0.1) is 0 Å². The van der Waals surface area contributed by atoms with Crippen LogP contribution in [0.2, 0.25) is 0 Å². The summed E-state index contributed by atoms with van der Waals surface area (Å²) in [6.07, 6.45) is -1.55. The minimum atomic E-state index is -4.11. The molecule has 8 nitrogen and oxygen atoms in total. The molecule has 1 aromatic rings. The van der Waals surface area contributed by atoms with Crippen molar-refractivity contribution >= 4 is 21.9 Å². The summed E-state index contributed by atoms with van der Waals surface area (Å²) in [5, 5.41) is 22.4. The quantitative estimate of drug-likeness (QED) is 0.617. The summed E-state index contributed by atoms with van der Waals surface area (Å²) in [6.45, 7) is -0.490. The van der Waals surface area contributed by atoms with E-state index in [0.29, 0.717) is 0 Å². The molecule has 0 unspecified atom stereocenters. The van der Waals surface area contributed by atoms with Crippen LogP contribution in [0.4, 0.5) is 4.39 Å².